The van der Waals surface area contributed by atoms with Crippen LogP contribution < -0.4 is 19.7 Å². The Balaban J connectivity index is 1.50. The predicted molar refractivity (Wildman–Crippen MR) is 150 cm³/mol. The molecule has 9 nitrogen and oxygen atoms in total. The molecule has 1 spiro atoms. The summed E-state index contributed by atoms with van der Waals surface area (Å²) >= 11 is 0. The van der Waals surface area contributed by atoms with Gasteiger partial charge in [-0.2, -0.15) is 0 Å². The van der Waals surface area contributed by atoms with Crippen LogP contribution in [0.3, 0.4) is 0 Å². The van der Waals surface area contributed by atoms with Gasteiger partial charge in [0.25, 0.3) is 0 Å². The lowest BCUT2D eigenvalue weighted by Crippen LogP contribution is -2.81. The number of carbonyl (C=O) groups excluding carboxylic acids is 2. The number of carbonyl (C=O) groups is 2. The second kappa shape index (κ2) is 9.52. The SMILES string of the molecule is CC[C@]12C=CCN3CC[C@@]4(c5ccc(OC)cc5N(C)[C@H]4C(O)(CNC(=O)Oc4ccccc4)[C@@H]1OC(C)=O)[C@@H]32. The summed E-state index contributed by atoms with van der Waals surface area (Å²) in [4.78, 5) is 30.2. The number of esters is 1. The van der Waals surface area contributed by atoms with Gasteiger partial charge in [0, 0.05) is 49.1 Å². The molecule has 3 aliphatic heterocycles. The van der Waals surface area contributed by atoms with Crippen molar-refractivity contribution in [3.63, 3.8) is 0 Å². The average Bonchev–Trinajstić information content (AvgIpc) is 3.46. The lowest BCUT2D eigenvalue weighted by atomic mass is 9.47. The number of para-hydroxylation sites is 1. The van der Waals surface area contributed by atoms with E-state index in [0.717, 1.165) is 36.5 Å². The fraction of sp³-hybridized carbons (Fsp3) is 0.484. The summed E-state index contributed by atoms with van der Waals surface area (Å²) in [5.74, 6) is 0.650. The molecule has 4 aliphatic rings. The molecule has 0 aromatic heterocycles. The van der Waals surface area contributed by atoms with Crippen molar-refractivity contribution in [2.45, 2.75) is 55.9 Å². The highest BCUT2D eigenvalue weighted by molar-refractivity contribution is 5.73. The molecule has 6 atom stereocenters. The van der Waals surface area contributed by atoms with Crippen LogP contribution in [0.4, 0.5) is 10.5 Å². The highest BCUT2D eigenvalue weighted by Crippen LogP contribution is 2.67. The summed E-state index contributed by atoms with van der Waals surface area (Å²) in [5, 5.41) is 15.8. The van der Waals surface area contributed by atoms with Crippen molar-refractivity contribution in [2.75, 3.05) is 38.7 Å². The standard InChI is InChI=1S/C31H37N3O6/c1-5-29-14-9-16-34-17-15-30(25(29)34)23-13-12-22(38-4)18-24(23)33(3)26(30)31(37,27(29)39-20(2)35)19-32-28(36)40-21-10-7-6-8-11-21/h6-14,18,25-27,37H,5,15-17,19H2,1-4H3,(H,32,36)/t25-,26+,27+,29+,30+,31?/m0/s1. The van der Waals surface area contributed by atoms with Crippen molar-refractivity contribution < 1.29 is 28.9 Å². The lowest BCUT2D eigenvalue weighted by Gasteiger charge is -2.64. The molecule has 40 heavy (non-hydrogen) atoms. The van der Waals surface area contributed by atoms with E-state index in [2.05, 4.69) is 40.3 Å². The number of hydrogen-bond acceptors (Lipinski definition) is 8. The number of rotatable bonds is 6. The molecule has 0 bridgehead atoms. The van der Waals surface area contributed by atoms with Crippen LogP contribution in [0.2, 0.25) is 0 Å². The van der Waals surface area contributed by atoms with Gasteiger partial charge in [-0.15, -0.1) is 0 Å². The molecule has 1 saturated carbocycles. The first-order valence-electron chi connectivity index (χ1n) is 13.9. The van der Waals surface area contributed by atoms with E-state index in [9.17, 15) is 14.7 Å². The van der Waals surface area contributed by atoms with Gasteiger partial charge < -0.3 is 29.5 Å². The van der Waals surface area contributed by atoms with Crippen LogP contribution in [0, 0.1) is 5.41 Å². The Bertz CT molecular complexity index is 1350. The molecule has 1 unspecified atom stereocenters. The Morgan fingerprint density at radius 3 is 2.60 bits per heavy atom. The second-order valence-corrected chi connectivity index (χ2v) is 11.5. The van der Waals surface area contributed by atoms with Crippen LogP contribution in [0.15, 0.2) is 60.7 Å². The topological polar surface area (TPSA) is 101 Å². The maximum atomic E-state index is 13.0. The van der Waals surface area contributed by atoms with Crippen molar-refractivity contribution >= 4 is 17.7 Å². The van der Waals surface area contributed by atoms with Crippen molar-refractivity contribution in [1.29, 1.82) is 0 Å². The van der Waals surface area contributed by atoms with Crippen molar-refractivity contribution in [2.24, 2.45) is 5.41 Å². The van der Waals surface area contributed by atoms with E-state index in [-0.39, 0.29) is 12.6 Å². The number of nitrogens with zero attached hydrogens (tertiary/aromatic N) is 2. The van der Waals surface area contributed by atoms with Gasteiger partial charge in [0.15, 0.2) is 0 Å². The number of ether oxygens (including phenoxy) is 3. The number of hydrogen-bond donors (Lipinski definition) is 2. The van der Waals surface area contributed by atoms with E-state index in [1.165, 1.54) is 6.92 Å². The lowest BCUT2D eigenvalue weighted by molar-refractivity contribution is -0.216. The van der Waals surface area contributed by atoms with Crippen LogP contribution >= 0.6 is 0 Å². The first kappa shape index (κ1) is 26.7. The third kappa shape index (κ3) is 3.60. The van der Waals surface area contributed by atoms with E-state index in [0.29, 0.717) is 12.2 Å². The minimum Gasteiger partial charge on any atom is -0.497 e. The number of likely N-dealkylation sites (N-methyl/N-ethyl adjacent to an activating group) is 1. The molecular formula is C31H37N3O6. The maximum Gasteiger partial charge on any atom is 0.412 e. The molecule has 2 aromatic rings. The molecule has 6 rings (SSSR count). The number of benzene rings is 2. The van der Waals surface area contributed by atoms with Crippen molar-refractivity contribution in [3.05, 3.63) is 66.2 Å². The number of methoxy groups -OCH3 is 1. The normalized spacial score (nSPS) is 33.5. The molecular weight excluding hydrogens is 510 g/mol. The Hall–Kier alpha value is -3.56. The number of aliphatic hydroxyl groups is 1. The quantitative estimate of drug-likeness (QED) is 0.420. The summed E-state index contributed by atoms with van der Waals surface area (Å²) in [6, 6.07) is 14.4. The zero-order valence-electron chi connectivity index (χ0n) is 23.4. The first-order valence-corrected chi connectivity index (χ1v) is 13.9. The third-order valence-electron chi connectivity index (χ3n) is 9.69. The van der Waals surface area contributed by atoms with Gasteiger partial charge in [0.05, 0.1) is 19.7 Å². The number of anilines is 1. The minimum absolute atomic E-state index is 0.0157. The van der Waals surface area contributed by atoms with Crippen LogP contribution in [-0.4, -0.2) is 79.6 Å². The largest absolute Gasteiger partial charge is 0.497 e. The number of nitrogens with one attached hydrogen (secondary N) is 1. The van der Waals surface area contributed by atoms with Gasteiger partial charge in [-0.1, -0.05) is 43.3 Å². The Morgan fingerprint density at radius 2 is 1.90 bits per heavy atom. The third-order valence-corrected chi connectivity index (χ3v) is 9.69. The first-order chi connectivity index (χ1) is 19.2. The van der Waals surface area contributed by atoms with E-state index >= 15 is 0 Å². The van der Waals surface area contributed by atoms with Crippen LogP contribution in [0.1, 0.15) is 32.3 Å². The summed E-state index contributed by atoms with van der Waals surface area (Å²) in [7, 11) is 3.61. The van der Waals surface area contributed by atoms with Gasteiger partial charge in [0.1, 0.15) is 23.2 Å². The van der Waals surface area contributed by atoms with E-state index < -0.39 is 40.6 Å². The number of fused-ring (bicyclic) bond motifs is 1. The average molecular weight is 548 g/mol. The molecule has 3 heterocycles. The molecule has 2 fully saturated rings. The molecule has 1 amide bonds. The van der Waals surface area contributed by atoms with Crippen molar-refractivity contribution in [3.8, 4) is 11.5 Å². The highest BCUT2D eigenvalue weighted by Gasteiger charge is 2.77. The summed E-state index contributed by atoms with van der Waals surface area (Å²) < 4.78 is 17.2. The number of amides is 1. The zero-order valence-corrected chi connectivity index (χ0v) is 23.4. The highest BCUT2D eigenvalue weighted by atomic mass is 16.6. The molecule has 0 radical (unpaired) electrons. The van der Waals surface area contributed by atoms with Gasteiger partial charge in [-0.25, -0.2) is 4.79 Å². The van der Waals surface area contributed by atoms with Gasteiger partial charge in [-0.3, -0.25) is 9.69 Å². The fourth-order valence-corrected chi connectivity index (χ4v) is 8.49. The molecule has 2 aromatic carbocycles. The fourth-order valence-electron chi connectivity index (χ4n) is 8.49. The zero-order chi connectivity index (χ0) is 28.3. The van der Waals surface area contributed by atoms with Crippen LogP contribution in [0.5, 0.6) is 11.5 Å². The van der Waals surface area contributed by atoms with E-state index in [4.69, 9.17) is 14.2 Å². The van der Waals surface area contributed by atoms with Crippen LogP contribution in [0.25, 0.3) is 0 Å². The Morgan fingerprint density at radius 1 is 1.12 bits per heavy atom. The summed E-state index contributed by atoms with van der Waals surface area (Å²) in [6.45, 7) is 4.93. The maximum absolute atomic E-state index is 13.0. The van der Waals surface area contributed by atoms with Gasteiger partial charge in [-0.05, 0) is 43.1 Å². The van der Waals surface area contributed by atoms with E-state index in [1.807, 2.05) is 25.2 Å². The minimum atomic E-state index is -1.66. The smallest absolute Gasteiger partial charge is 0.412 e. The second-order valence-electron chi connectivity index (χ2n) is 11.5. The monoisotopic (exact) mass is 547 g/mol. The Labute approximate surface area is 234 Å². The Kier molecular flexibility index (Phi) is 6.34. The summed E-state index contributed by atoms with van der Waals surface area (Å²) in [6.07, 6.45) is 4.14. The van der Waals surface area contributed by atoms with Gasteiger partial charge >= 0.3 is 12.1 Å². The van der Waals surface area contributed by atoms with Gasteiger partial charge in [0.2, 0.25) is 0 Å². The van der Waals surface area contributed by atoms with E-state index in [1.54, 1.807) is 31.4 Å². The van der Waals surface area contributed by atoms with Crippen molar-refractivity contribution in [1.82, 2.24) is 10.2 Å². The molecule has 9 heteroatoms. The molecule has 1 aliphatic carbocycles. The predicted octanol–water partition coefficient (Wildman–Crippen LogP) is 3.26. The van der Waals surface area contributed by atoms with Crippen LogP contribution in [-0.2, 0) is 14.9 Å². The summed E-state index contributed by atoms with van der Waals surface area (Å²) in [5.41, 5.74) is -0.702. The molecule has 212 valence electrons. The molecule has 2 N–H and O–H groups in total. The molecule has 1 saturated heterocycles.